The van der Waals surface area contributed by atoms with Crippen molar-refractivity contribution in [2.24, 2.45) is 5.92 Å². The molecule has 0 bridgehead atoms. The predicted molar refractivity (Wildman–Crippen MR) is 54.0 cm³/mol. The topological polar surface area (TPSA) is 32.3 Å². The van der Waals surface area contributed by atoms with E-state index < -0.39 is 17.6 Å². The van der Waals surface area contributed by atoms with Crippen molar-refractivity contribution >= 4 is 0 Å². The van der Waals surface area contributed by atoms with Gasteiger partial charge in [0.2, 0.25) is 0 Å². The fourth-order valence-corrected chi connectivity index (χ4v) is 2.62. The molecular weight excluding hydrogens is 219 g/mol. The number of halogens is 3. The molecule has 16 heavy (non-hydrogen) atoms. The number of alkyl halides is 3. The standard InChI is InChI=1S/C11H18F3NO/c12-11(13,14)8-2-1-5-10(6-8,7-16)15-9-3-4-9/h8-9,15-16H,1-7H2. The van der Waals surface area contributed by atoms with Crippen molar-refractivity contribution in [3.63, 3.8) is 0 Å². The summed E-state index contributed by atoms with van der Waals surface area (Å²) in [5.41, 5.74) is -0.681. The molecule has 2 nitrogen and oxygen atoms in total. The van der Waals surface area contributed by atoms with Crippen molar-refractivity contribution in [1.29, 1.82) is 0 Å². The molecule has 2 N–H and O–H groups in total. The summed E-state index contributed by atoms with van der Waals surface area (Å²) < 4.78 is 38.0. The first-order valence-corrected chi connectivity index (χ1v) is 5.90. The van der Waals surface area contributed by atoms with Crippen LogP contribution in [0.2, 0.25) is 0 Å². The summed E-state index contributed by atoms with van der Waals surface area (Å²) in [6.45, 7) is -0.184. The van der Waals surface area contributed by atoms with Crippen LogP contribution in [0.3, 0.4) is 0 Å². The minimum atomic E-state index is -4.12. The highest BCUT2D eigenvalue weighted by atomic mass is 19.4. The molecular formula is C11H18F3NO. The average Bonchev–Trinajstić information content (AvgIpc) is 3.01. The number of rotatable bonds is 3. The minimum Gasteiger partial charge on any atom is -0.394 e. The van der Waals surface area contributed by atoms with E-state index in [0.717, 1.165) is 12.8 Å². The molecule has 0 amide bonds. The summed E-state index contributed by atoms with van der Waals surface area (Å²) in [5.74, 6) is -1.25. The van der Waals surface area contributed by atoms with Gasteiger partial charge in [-0.05, 0) is 32.1 Å². The molecule has 0 aromatic rings. The van der Waals surface area contributed by atoms with Gasteiger partial charge in [0.1, 0.15) is 0 Å². The molecule has 0 saturated heterocycles. The Balaban J connectivity index is 2.01. The van der Waals surface area contributed by atoms with E-state index in [4.69, 9.17) is 0 Å². The zero-order chi connectivity index (χ0) is 11.8. The van der Waals surface area contributed by atoms with Crippen LogP contribution in [0.25, 0.3) is 0 Å². The Morgan fingerprint density at radius 1 is 1.25 bits per heavy atom. The van der Waals surface area contributed by atoms with Crippen LogP contribution in [0.1, 0.15) is 38.5 Å². The molecule has 2 aliphatic carbocycles. The average molecular weight is 237 g/mol. The van der Waals surface area contributed by atoms with Gasteiger partial charge in [0.15, 0.2) is 0 Å². The van der Waals surface area contributed by atoms with Crippen molar-refractivity contribution in [3.8, 4) is 0 Å². The predicted octanol–water partition coefficient (Wildman–Crippen LogP) is 2.22. The van der Waals surface area contributed by atoms with Gasteiger partial charge in [0.05, 0.1) is 12.5 Å². The lowest BCUT2D eigenvalue weighted by Crippen LogP contribution is -2.54. The van der Waals surface area contributed by atoms with Crippen molar-refractivity contribution in [3.05, 3.63) is 0 Å². The molecule has 0 radical (unpaired) electrons. The van der Waals surface area contributed by atoms with Crippen LogP contribution < -0.4 is 5.32 Å². The monoisotopic (exact) mass is 237 g/mol. The molecule has 2 fully saturated rings. The number of nitrogens with one attached hydrogen (secondary N) is 1. The second kappa shape index (κ2) is 4.18. The SMILES string of the molecule is OCC1(NC2CC2)CCCC(C(F)(F)F)C1. The van der Waals surface area contributed by atoms with Crippen LogP contribution in [0.15, 0.2) is 0 Å². The lowest BCUT2D eigenvalue weighted by molar-refractivity contribution is -0.190. The van der Waals surface area contributed by atoms with Crippen molar-refractivity contribution < 1.29 is 18.3 Å². The quantitative estimate of drug-likeness (QED) is 0.789. The van der Waals surface area contributed by atoms with Crippen LogP contribution in [0.4, 0.5) is 13.2 Å². The van der Waals surface area contributed by atoms with E-state index in [9.17, 15) is 18.3 Å². The molecule has 0 heterocycles. The smallest absolute Gasteiger partial charge is 0.391 e. The first kappa shape index (κ1) is 12.2. The van der Waals surface area contributed by atoms with Gasteiger partial charge in [0.25, 0.3) is 0 Å². The Morgan fingerprint density at radius 3 is 2.44 bits per heavy atom. The third-order valence-electron chi connectivity index (χ3n) is 3.70. The van der Waals surface area contributed by atoms with E-state index in [0.29, 0.717) is 18.9 Å². The van der Waals surface area contributed by atoms with E-state index in [1.165, 1.54) is 0 Å². The zero-order valence-corrected chi connectivity index (χ0v) is 9.19. The molecule has 0 aromatic heterocycles. The Kier molecular flexibility index (Phi) is 3.18. The summed E-state index contributed by atoms with van der Waals surface area (Å²) in [4.78, 5) is 0. The summed E-state index contributed by atoms with van der Waals surface area (Å²) in [5, 5.41) is 12.6. The normalized spacial score (nSPS) is 36.4. The van der Waals surface area contributed by atoms with Gasteiger partial charge in [-0.15, -0.1) is 0 Å². The Labute approximate surface area is 93.2 Å². The Bertz CT molecular complexity index is 252. The molecule has 2 rings (SSSR count). The van der Waals surface area contributed by atoms with E-state index >= 15 is 0 Å². The molecule has 2 unspecified atom stereocenters. The van der Waals surface area contributed by atoms with E-state index in [1.807, 2.05) is 0 Å². The van der Waals surface area contributed by atoms with E-state index in [-0.39, 0.29) is 19.4 Å². The van der Waals surface area contributed by atoms with Crippen LogP contribution >= 0.6 is 0 Å². The zero-order valence-electron chi connectivity index (χ0n) is 9.19. The fourth-order valence-electron chi connectivity index (χ4n) is 2.62. The number of hydrogen-bond donors (Lipinski definition) is 2. The van der Waals surface area contributed by atoms with Crippen molar-refractivity contribution in [2.45, 2.75) is 56.3 Å². The molecule has 0 aliphatic heterocycles. The third-order valence-corrected chi connectivity index (χ3v) is 3.70. The van der Waals surface area contributed by atoms with E-state index in [2.05, 4.69) is 5.32 Å². The molecule has 2 atom stereocenters. The van der Waals surface area contributed by atoms with Gasteiger partial charge in [0, 0.05) is 11.6 Å². The summed E-state index contributed by atoms with van der Waals surface area (Å²) in [6.07, 6.45) is -0.624. The lowest BCUT2D eigenvalue weighted by Gasteiger charge is -2.41. The maximum atomic E-state index is 12.7. The van der Waals surface area contributed by atoms with Crippen LogP contribution in [0.5, 0.6) is 0 Å². The van der Waals surface area contributed by atoms with E-state index in [1.54, 1.807) is 0 Å². The largest absolute Gasteiger partial charge is 0.394 e. The molecule has 2 aliphatic rings. The fraction of sp³-hybridized carbons (Fsp3) is 1.00. The highest BCUT2D eigenvalue weighted by Crippen LogP contribution is 2.42. The first-order valence-electron chi connectivity index (χ1n) is 5.90. The highest BCUT2D eigenvalue weighted by Gasteiger charge is 2.48. The maximum absolute atomic E-state index is 12.7. The summed E-state index contributed by atoms with van der Waals surface area (Å²) in [6, 6.07) is 0.333. The molecule has 2 saturated carbocycles. The van der Waals surface area contributed by atoms with Gasteiger partial charge in [-0.3, -0.25) is 0 Å². The van der Waals surface area contributed by atoms with Gasteiger partial charge in [-0.1, -0.05) is 6.42 Å². The van der Waals surface area contributed by atoms with Gasteiger partial charge >= 0.3 is 6.18 Å². The molecule has 94 valence electrons. The van der Waals surface area contributed by atoms with Gasteiger partial charge < -0.3 is 10.4 Å². The van der Waals surface area contributed by atoms with Crippen LogP contribution in [-0.4, -0.2) is 29.5 Å². The second-order valence-electron chi connectivity index (χ2n) is 5.19. The number of hydrogen-bond acceptors (Lipinski definition) is 2. The number of aliphatic hydroxyl groups is 1. The Hall–Kier alpha value is -0.290. The summed E-state index contributed by atoms with van der Waals surface area (Å²) >= 11 is 0. The highest BCUT2D eigenvalue weighted by molar-refractivity contribution is 4.99. The van der Waals surface area contributed by atoms with Crippen molar-refractivity contribution in [1.82, 2.24) is 5.32 Å². The van der Waals surface area contributed by atoms with Crippen LogP contribution in [-0.2, 0) is 0 Å². The molecule has 0 aromatic carbocycles. The minimum absolute atomic E-state index is 0.0312. The Morgan fingerprint density at radius 2 is 1.94 bits per heavy atom. The second-order valence-corrected chi connectivity index (χ2v) is 5.19. The van der Waals surface area contributed by atoms with Crippen molar-refractivity contribution in [2.75, 3.05) is 6.61 Å². The third kappa shape index (κ3) is 2.69. The number of aliphatic hydroxyl groups excluding tert-OH is 1. The molecule has 5 heteroatoms. The molecule has 0 spiro atoms. The maximum Gasteiger partial charge on any atom is 0.391 e. The van der Waals surface area contributed by atoms with Gasteiger partial charge in [-0.2, -0.15) is 13.2 Å². The van der Waals surface area contributed by atoms with Crippen LogP contribution in [0, 0.1) is 5.92 Å². The van der Waals surface area contributed by atoms with Gasteiger partial charge in [-0.25, -0.2) is 0 Å². The lowest BCUT2D eigenvalue weighted by atomic mass is 9.75. The summed E-state index contributed by atoms with van der Waals surface area (Å²) in [7, 11) is 0. The first-order chi connectivity index (χ1) is 7.45.